The van der Waals surface area contributed by atoms with Crippen LogP contribution < -0.4 is 5.32 Å². The lowest BCUT2D eigenvalue weighted by Crippen LogP contribution is -2.62. The van der Waals surface area contributed by atoms with Gasteiger partial charge in [-0.3, -0.25) is 4.90 Å². The van der Waals surface area contributed by atoms with Gasteiger partial charge in [-0.05, 0) is 39.5 Å². The SMILES string of the molecule is Cc1nc(CN2CC(C)(C3CC3)NCC2C)cs1. The first-order valence-electron chi connectivity index (χ1n) is 6.97. The smallest absolute Gasteiger partial charge is 0.0897 e. The Morgan fingerprint density at radius 1 is 1.56 bits per heavy atom. The van der Waals surface area contributed by atoms with Crippen molar-refractivity contribution in [2.75, 3.05) is 13.1 Å². The van der Waals surface area contributed by atoms with Gasteiger partial charge in [0.2, 0.25) is 0 Å². The maximum Gasteiger partial charge on any atom is 0.0897 e. The van der Waals surface area contributed by atoms with Crippen molar-refractivity contribution in [3.8, 4) is 0 Å². The average molecular weight is 265 g/mol. The largest absolute Gasteiger partial charge is 0.308 e. The highest BCUT2D eigenvalue weighted by Gasteiger charge is 2.45. The maximum absolute atomic E-state index is 4.60. The second-order valence-electron chi connectivity index (χ2n) is 6.18. The summed E-state index contributed by atoms with van der Waals surface area (Å²) < 4.78 is 0. The monoisotopic (exact) mass is 265 g/mol. The molecule has 2 heterocycles. The lowest BCUT2D eigenvalue weighted by molar-refractivity contribution is 0.0761. The van der Waals surface area contributed by atoms with Crippen molar-refractivity contribution in [3.05, 3.63) is 16.1 Å². The summed E-state index contributed by atoms with van der Waals surface area (Å²) in [5.41, 5.74) is 1.57. The molecule has 0 amide bonds. The Kier molecular flexibility index (Phi) is 3.20. The third kappa shape index (κ3) is 2.46. The van der Waals surface area contributed by atoms with Crippen LogP contribution in [0.2, 0.25) is 0 Å². The lowest BCUT2D eigenvalue weighted by atomic mass is 9.91. The summed E-state index contributed by atoms with van der Waals surface area (Å²) in [6, 6.07) is 0.610. The van der Waals surface area contributed by atoms with Crippen LogP contribution in [0.4, 0.5) is 0 Å². The molecule has 100 valence electrons. The van der Waals surface area contributed by atoms with Gasteiger partial charge in [0.1, 0.15) is 0 Å². The van der Waals surface area contributed by atoms with Gasteiger partial charge in [0.15, 0.2) is 0 Å². The van der Waals surface area contributed by atoms with E-state index in [-0.39, 0.29) is 0 Å². The van der Waals surface area contributed by atoms with Gasteiger partial charge in [-0.25, -0.2) is 4.98 Å². The van der Waals surface area contributed by atoms with E-state index in [1.54, 1.807) is 11.3 Å². The fourth-order valence-electron chi connectivity index (χ4n) is 3.04. The Balaban J connectivity index is 1.69. The van der Waals surface area contributed by atoms with Gasteiger partial charge in [0.25, 0.3) is 0 Å². The number of aromatic nitrogens is 1. The van der Waals surface area contributed by atoms with Gasteiger partial charge < -0.3 is 5.32 Å². The van der Waals surface area contributed by atoms with Crippen LogP contribution >= 0.6 is 11.3 Å². The van der Waals surface area contributed by atoms with E-state index in [9.17, 15) is 0 Å². The molecule has 2 aliphatic rings. The molecule has 1 saturated heterocycles. The lowest BCUT2D eigenvalue weighted by Gasteiger charge is -2.45. The van der Waals surface area contributed by atoms with Crippen LogP contribution in [0, 0.1) is 12.8 Å². The topological polar surface area (TPSA) is 28.2 Å². The zero-order valence-electron chi connectivity index (χ0n) is 11.6. The van der Waals surface area contributed by atoms with Crippen molar-refractivity contribution in [2.24, 2.45) is 5.92 Å². The van der Waals surface area contributed by atoms with Crippen LogP contribution in [0.5, 0.6) is 0 Å². The Morgan fingerprint density at radius 2 is 2.33 bits per heavy atom. The molecule has 1 aromatic heterocycles. The predicted octanol–water partition coefficient (Wildman–Crippen LogP) is 2.41. The van der Waals surface area contributed by atoms with E-state index >= 15 is 0 Å². The molecule has 1 aliphatic heterocycles. The summed E-state index contributed by atoms with van der Waals surface area (Å²) in [7, 11) is 0. The molecule has 3 rings (SSSR count). The molecule has 0 spiro atoms. The van der Waals surface area contributed by atoms with E-state index < -0.39 is 0 Å². The third-order valence-corrected chi connectivity index (χ3v) is 5.29. The molecule has 1 N–H and O–H groups in total. The summed E-state index contributed by atoms with van der Waals surface area (Å²) in [6.07, 6.45) is 2.81. The number of nitrogens with zero attached hydrogens (tertiary/aromatic N) is 2. The number of rotatable bonds is 3. The number of thiazole rings is 1. The van der Waals surface area contributed by atoms with E-state index in [1.807, 2.05) is 0 Å². The first-order chi connectivity index (χ1) is 8.57. The Labute approximate surface area is 114 Å². The van der Waals surface area contributed by atoms with Crippen LogP contribution in [0.25, 0.3) is 0 Å². The number of piperazine rings is 1. The number of aryl methyl sites for hydroxylation is 1. The van der Waals surface area contributed by atoms with Crippen LogP contribution in [0.1, 0.15) is 37.4 Å². The Bertz CT molecular complexity index is 426. The first kappa shape index (κ1) is 12.6. The highest BCUT2D eigenvalue weighted by molar-refractivity contribution is 7.09. The Morgan fingerprint density at radius 3 is 2.94 bits per heavy atom. The molecule has 1 saturated carbocycles. The van der Waals surface area contributed by atoms with E-state index in [1.165, 1.54) is 23.5 Å². The minimum atomic E-state index is 0.331. The number of hydrogen-bond acceptors (Lipinski definition) is 4. The fourth-order valence-corrected chi connectivity index (χ4v) is 3.64. The summed E-state index contributed by atoms with van der Waals surface area (Å²) in [6.45, 7) is 10.1. The van der Waals surface area contributed by atoms with Crippen LogP contribution in [-0.2, 0) is 6.54 Å². The summed E-state index contributed by atoms with van der Waals surface area (Å²) in [5, 5.41) is 7.15. The van der Waals surface area contributed by atoms with Crippen molar-refractivity contribution in [1.29, 1.82) is 0 Å². The van der Waals surface area contributed by atoms with Crippen molar-refractivity contribution in [2.45, 2.75) is 51.7 Å². The second-order valence-corrected chi connectivity index (χ2v) is 7.25. The summed E-state index contributed by atoms with van der Waals surface area (Å²) in [4.78, 5) is 7.20. The molecule has 1 aromatic rings. The van der Waals surface area contributed by atoms with Crippen molar-refractivity contribution in [3.63, 3.8) is 0 Å². The second kappa shape index (κ2) is 4.58. The minimum Gasteiger partial charge on any atom is -0.308 e. The molecule has 2 atom stereocenters. The normalized spacial score (nSPS) is 33.8. The molecule has 1 aliphatic carbocycles. The van der Waals surface area contributed by atoms with Crippen molar-refractivity contribution in [1.82, 2.24) is 15.2 Å². The fraction of sp³-hybridized carbons (Fsp3) is 0.786. The van der Waals surface area contributed by atoms with Crippen molar-refractivity contribution < 1.29 is 0 Å². The standard InChI is InChI=1S/C14H23N3S/c1-10-6-15-14(3,12-4-5-12)9-17(10)7-13-8-18-11(2)16-13/h8,10,12,15H,4-7,9H2,1-3H3. The summed E-state index contributed by atoms with van der Waals surface area (Å²) in [5.74, 6) is 0.893. The van der Waals surface area contributed by atoms with E-state index in [4.69, 9.17) is 0 Å². The molecule has 0 aromatic carbocycles. The highest BCUT2D eigenvalue weighted by atomic mass is 32.1. The molecule has 3 nitrogen and oxygen atoms in total. The van der Waals surface area contributed by atoms with Gasteiger partial charge in [0.05, 0.1) is 10.7 Å². The van der Waals surface area contributed by atoms with Crippen molar-refractivity contribution >= 4 is 11.3 Å². The van der Waals surface area contributed by atoms with Crippen LogP contribution in [0.15, 0.2) is 5.38 Å². The maximum atomic E-state index is 4.60. The number of hydrogen-bond donors (Lipinski definition) is 1. The molecule has 2 fully saturated rings. The Hall–Kier alpha value is -0.450. The van der Waals surface area contributed by atoms with Crippen LogP contribution in [0.3, 0.4) is 0 Å². The van der Waals surface area contributed by atoms with E-state index in [2.05, 4.69) is 41.4 Å². The molecule has 0 bridgehead atoms. The van der Waals surface area contributed by atoms with Crippen LogP contribution in [-0.4, -0.2) is 34.6 Å². The van der Waals surface area contributed by atoms with E-state index in [0.29, 0.717) is 11.6 Å². The van der Waals surface area contributed by atoms with Gasteiger partial charge in [-0.15, -0.1) is 11.3 Å². The quantitative estimate of drug-likeness (QED) is 0.909. The molecular formula is C14H23N3S. The minimum absolute atomic E-state index is 0.331. The predicted molar refractivity (Wildman–Crippen MR) is 75.9 cm³/mol. The number of nitrogens with one attached hydrogen (secondary N) is 1. The van der Waals surface area contributed by atoms with E-state index in [0.717, 1.165) is 25.6 Å². The van der Waals surface area contributed by atoms with Gasteiger partial charge in [0, 0.05) is 36.6 Å². The zero-order valence-corrected chi connectivity index (χ0v) is 12.4. The highest BCUT2D eigenvalue weighted by Crippen LogP contribution is 2.41. The molecule has 18 heavy (non-hydrogen) atoms. The first-order valence-corrected chi connectivity index (χ1v) is 7.85. The summed E-state index contributed by atoms with van der Waals surface area (Å²) >= 11 is 1.76. The molecule has 2 unspecified atom stereocenters. The van der Waals surface area contributed by atoms with Gasteiger partial charge >= 0.3 is 0 Å². The molecule has 4 heteroatoms. The molecule has 0 radical (unpaired) electrons. The molecular weight excluding hydrogens is 242 g/mol. The third-order valence-electron chi connectivity index (χ3n) is 4.47. The van der Waals surface area contributed by atoms with Gasteiger partial charge in [-0.1, -0.05) is 0 Å². The van der Waals surface area contributed by atoms with Gasteiger partial charge in [-0.2, -0.15) is 0 Å². The zero-order chi connectivity index (χ0) is 12.8. The average Bonchev–Trinajstić information content (AvgIpc) is 3.10.